The molecular formula is C7H12N2O. The standard InChI is InChI=1S/C7H12N2O/c1-4-5-8-7(10)9-6(2)3/h1,6H,5H2,2-3H3,(H2,8,9,10). The summed E-state index contributed by atoms with van der Waals surface area (Å²) in [6.45, 7) is 4.05. The number of hydrogen-bond acceptors (Lipinski definition) is 1. The van der Waals surface area contributed by atoms with Crippen molar-refractivity contribution in [3.8, 4) is 12.3 Å². The van der Waals surface area contributed by atoms with Crippen LogP contribution in [-0.4, -0.2) is 18.6 Å². The van der Waals surface area contributed by atoms with Crippen LogP contribution in [0.25, 0.3) is 0 Å². The molecule has 0 radical (unpaired) electrons. The van der Waals surface area contributed by atoms with Crippen molar-refractivity contribution in [2.45, 2.75) is 19.9 Å². The van der Waals surface area contributed by atoms with E-state index in [0.29, 0.717) is 0 Å². The number of hydrogen-bond donors (Lipinski definition) is 2. The van der Waals surface area contributed by atoms with Crippen LogP contribution in [0, 0.1) is 12.3 Å². The van der Waals surface area contributed by atoms with E-state index in [1.165, 1.54) is 0 Å². The minimum atomic E-state index is -0.215. The molecule has 2 amide bonds. The van der Waals surface area contributed by atoms with Gasteiger partial charge in [0.25, 0.3) is 0 Å². The topological polar surface area (TPSA) is 41.1 Å². The van der Waals surface area contributed by atoms with Gasteiger partial charge in [0, 0.05) is 6.04 Å². The average molecular weight is 140 g/mol. The van der Waals surface area contributed by atoms with Crippen LogP contribution in [-0.2, 0) is 0 Å². The van der Waals surface area contributed by atoms with Crippen LogP contribution in [0.15, 0.2) is 0 Å². The van der Waals surface area contributed by atoms with Gasteiger partial charge in [-0.15, -0.1) is 6.42 Å². The maximum atomic E-state index is 10.7. The molecule has 0 fully saturated rings. The normalized spacial score (nSPS) is 8.60. The Morgan fingerprint density at radius 3 is 2.70 bits per heavy atom. The van der Waals surface area contributed by atoms with Gasteiger partial charge in [0.15, 0.2) is 0 Å². The van der Waals surface area contributed by atoms with Crippen LogP contribution in [0.1, 0.15) is 13.8 Å². The molecule has 10 heavy (non-hydrogen) atoms. The van der Waals surface area contributed by atoms with Crippen LogP contribution in [0.2, 0.25) is 0 Å². The third kappa shape index (κ3) is 4.98. The summed E-state index contributed by atoms with van der Waals surface area (Å²) in [5.74, 6) is 2.30. The lowest BCUT2D eigenvalue weighted by Crippen LogP contribution is -2.39. The van der Waals surface area contributed by atoms with Crippen molar-refractivity contribution in [1.29, 1.82) is 0 Å². The maximum absolute atomic E-state index is 10.7. The van der Waals surface area contributed by atoms with Crippen molar-refractivity contribution in [3.05, 3.63) is 0 Å². The molecule has 0 aliphatic rings. The highest BCUT2D eigenvalue weighted by Crippen LogP contribution is 1.74. The SMILES string of the molecule is C#CCNC(=O)NC(C)C. The molecule has 0 spiro atoms. The smallest absolute Gasteiger partial charge is 0.315 e. The molecule has 0 aromatic carbocycles. The summed E-state index contributed by atoms with van der Waals surface area (Å²) in [7, 11) is 0. The molecular weight excluding hydrogens is 128 g/mol. The molecule has 0 heterocycles. The second-order valence-electron chi connectivity index (χ2n) is 2.19. The molecule has 0 aromatic heterocycles. The van der Waals surface area contributed by atoms with Gasteiger partial charge < -0.3 is 10.6 Å². The number of amides is 2. The summed E-state index contributed by atoms with van der Waals surface area (Å²) in [5, 5.41) is 5.11. The van der Waals surface area contributed by atoms with Crippen molar-refractivity contribution >= 4 is 6.03 Å². The number of terminal acetylenes is 1. The van der Waals surface area contributed by atoms with E-state index in [1.807, 2.05) is 13.8 Å². The first-order valence-corrected chi connectivity index (χ1v) is 3.14. The van der Waals surface area contributed by atoms with E-state index in [2.05, 4.69) is 16.6 Å². The number of urea groups is 1. The Morgan fingerprint density at radius 2 is 2.30 bits per heavy atom. The Balaban J connectivity index is 3.37. The number of rotatable bonds is 2. The Labute approximate surface area is 61.2 Å². The molecule has 0 rings (SSSR count). The highest BCUT2D eigenvalue weighted by atomic mass is 16.2. The minimum absolute atomic E-state index is 0.151. The van der Waals surface area contributed by atoms with Gasteiger partial charge in [-0.05, 0) is 13.8 Å². The lowest BCUT2D eigenvalue weighted by atomic mass is 10.4. The second-order valence-corrected chi connectivity index (χ2v) is 2.19. The van der Waals surface area contributed by atoms with Gasteiger partial charge in [-0.25, -0.2) is 4.79 Å². The molecule has 0 bridgehead atoms. The Morgan fingerprint density at radius 1 is 1.70 bits per heavy atom. The first-order chi connectivity index (χ1) is 4.66. The maximum Gasteiger partial charge on any atom is 0.315 e. The summed E-state index contributed by atoms with van der Waals surface area (Å²) < 4.78 is 0. The molecule has 0 saturated carbocycles. The van der Waals surface area contributed by atoms with Gasteiger partial charge in [0.2, 0.25) is 0 Å². The van der Waals surface area contributed by atoms with E-state index in [9.17, 15) is 4.79 Å². The van der Waals surface area contributed by atoms with E-state index in [-0.39, 0.29) is 18.6 Å². The zero-order valence-corrected chi connectivity index (χ0v) is 6.27. The van der Waals surface area contributed by atoms with Crippen LogP contribution in [0.5, 0.6) is 0 Å². The van der Waals surface area contributed by atoms with Crippen molar-refractivity contribution in [2.24, 2.45) is 0 Å². The van der Waals surface area contributed by atoms with E-state index in [4.69, 9.17) is 6.42 Å². The van der Waals surface area contributed by atoms with Crippen LogP contribution >= 0.6 is 0 Å². The molecule has 0 atom stereocenters. The summed E-state index contributed by atoms with van der Waals surface area (Å²) in [6, 6.07) is -0.0641. The Bertz CT molecular complexity index is 146. The van der Waals surface area contributed by atoms with Gasteiger partial charge in [0.05, 0.1) is 6.54 Å². The fraction of sp³-hybridized carbons (Fsp3) is 0.571. The van der Waals surface area contributed by atoms with Crippen molar-refractivity contribution in [1.82, 2.24) is 10.6 Å². The molecule has 0 unspecified atom stereocenters. The minimum Gasteiger partial charge on any atom is -0.336 e. The van der Waals surface area contributed by atoms with Gasteiger partial charge in [-0.1, -0.05) is 5.92 Å². The number of nitrogens with one attached hydrogen (secondary N) is 2. The largest absolute Gasteiger partial charge is 0.336 e. The molecule has 3 heteroatoms. The molecule has 2 N–H and O–H groups in total. The summed E-state index contributed by atoms with van der Waals surface area (Å²) in [6.07, 6.45) is 4.92. The average Bonchev–Trinajstić information content (AvgIpc) is 1.82. The summed E-state index contributed by atoms with van der Waals surface area (Å²) in [5.41, 5.74) is 0. The van der Waals surface area contributed by atoms with Gasteiger partial charge >= 0.3 is 6.03 Å². The van der Waals surface area contributed by atoms with Crippen molar-refractivity contribution < 1.29 is 4.79 Å². The first-order valence-electron chi connectivity index (χ1n) is 3.14. The predicted octanol–water partition coefficient (Wildman–Crippen LogP) is 0.327. The quantitative estimate of drug-likeness (QED) is 0.533. The Hall–Kier alpha value is -1.17. The fourth-order valence-corrected chi connectivity index (χ4v) is 0.445. The van der Waals surface area contributed by atoms with Gasteiger partial charge in [-0.3, -0.25) is 0 Å². The van der Waals surface area contributed by atoms with Crippen molar-refractivity contribution in [2.75, 3.05) is 6.54 Å². The highest BCUT2D eigenvalue weighted by molar-refractivity contribution is 5.74. The lowest BCUT2D eigenvalue weighted by molar-refractivity contribution is 0.240. The summed E-state index contributed by atoms with van der Waals surface area (Å²) >= 11 is 0. The first kappa shape index (κ1) is 8.83. The van der Waals surface area contributed by atoms with Crippen LogP contribution < -0.4 is 10.6 Å². The highest BCUT2D eigenvalue weighted by Gasteiger charge is 1.98. The van der Waals surface area contributed by atoms with E-state index in [1.54, 1.807) is 0 Å². The predicted molar refractivity (Wildman–Crippen MR) is 40.5 cm³/mol. The third-order valence-corrected chi connectivity index (χ3v) is 0.771. The number of carbonyl (C=O) groups excluding carboxylic acids is 1. The third-order valence-electron chi connectivity index (χ3n) is 0.771. The van der Waals surface area contributed by atoms with Crippen molar-refractivity contribution in [3.63, 3.8) is 0 Å². The fourth-order valence-electron chi connectivity index (χ4n) is 0.445. The Kier molecular flexibility index (Phi) is 4.14. The van der Waals surface area contributed by atoms with Gasteiger partial charge in [-0.2, -0.15) is 0 Å². The lowest BCUT2D eigenvalue weighted by Gasteiger charge is -2.07. The van der Waals surface area contributed by atoms with E-state index < -0.39 is 0 Å². The van der Waals surface area contributed by atoms with E-state index in [0.717, 1.165) is 0 Å². The molecule has 56 valence electrons. The van der Waals surface area contributed by atoms with E-state index >= 15 is 0 Å². The number of carbonyl (C=O) groups is 1. The molecule has 0 aromatic rings. The zero-order chi connectivity index (χ0) is 7.98. The van der Waals surface area contributed by atoms with Crippen LogP contribution in [0.3, 0.4) is 0 Å². The molecule has 3 nitrogen and oxygen atoms in total. The van der Waals surface area contributed by atoms with Crippen LogP contribution in [0.4, 0.5) is 4.79 Å². The summed E-state index contributed by atoms with van der Waals surface area (Å²) in [4.78, 5) is 10.7. The van der Waals surface area contributed by atoms with Gasteiger partial charge in [0.1, 0.15) is 0 Å². The molecule has 0 saturated heterocycles. The monoisotopic (exact) mass is 140 g/mol. The molecule has 0 aliphatic heterocycles. The molecule has 0 aliphatic carbocycles. The second kappa shape index (κ2) is 4.68. The zero-order valence-electron chi connectivity index (χ0n) is 6.27.